The summed E-state index contributed by atoms with van der Waals surface area (Å²) >= 11 is 0. The third kappa shape index (κ3) is 2.85. The van der Waals surface area contributed by atoms with Crippen LogP contribution >= 0.6 is 0 Å². The van der Waals surface area contributed by atoms with Crippen LogP contribution in [-0.2, 0) is 6.54 Å². The molecule has 1 amide bonds. The zero-order chi connectivity index (χ0) is 15.5. The fraction of sp³-hybridized carbons (Fsp3) is 0.214. The highest BCUT2D eigenvalue weighted by molar-refractivity contribution is 5.92. The van der Waals surface area contributed by atoms with E-state index in [2.05, 4.69) is 25.8 Å². The van der Waals surface area contributed by atoms with Crippen molar-refractivity contribution in [3.63, 3.8) is 0 Å². The number of benzene rings is 1. The van der Waals surface area contributed by atoms with Gasteiger partial charge in [0.1, 0.15) is 11.2 Å². The molecule has 22 heavy (non-hydrogen) atoms. The van der Waals surface area contributed by atoms with Crippen molar-refractivity contribution in [2.24, 2.45) is 0 Å². The van der Waals surface area contributed by atoms with Crippen LogP contribution in [0, 0.1) is 0 Å². The second-order valence-corrected chi connectivity index (χ2v) is 4.94. The highest BCUT2D eigenvalue weighted by atomic mass is 16.2. The first kappa shape index (κ1) is 13.9. The molecule has 0 aliphatic heterocycles. The molecule has 2 heterocycles. The molecule has 0 saturated heterocycles. The number of hydrogen-bond donors (Lipinski definition) is 2. The van der Waals surface area contributed by atoms with Gasteiger partial charge in [0.25, 0.3) is 11.5 Å². The Hall–Kier alpha value is -3.03. The van der Waals surface area contributed by atoms with Crippen LogP contribution in [0.2, 0.25) is 0 Å². The number of nitrogens with one attached hydrogen (secondary N) is 2. The molecule has 0 aliphatic rings. The summed E-state index contributed by atoms with van der Waals surface area (Å²) in [4.78, 5) is 23.0. The number of hydrogen-bond acceptors (Lipinski definition) is 5. The van der Waals surface area contributed by atoms with E-state index >= 15 is 0 Å². The molecule has 3 rings (SSSR count). The molecule has 1 atom stereocenters. The molecule has 0 saturated carbocycles. The van der Waals surface area contributed by atoms with E-state index in [1.807, 2.05) is 31.2 Å². The zero-order valence-electron chi connectivity index (χ0n) is 11.9. The van der Waals surface area contributed by atoms with Gasteiger partial charge >= 0.3 is 0 Å². The molecule has 2 aromatic heterocycles. The molecule has 112 valence electrons. The van der Waals surface area contributed by atoms with Crippen molar-refractivity contribution in [1.29, 1.82) is 0 Å². The highest BCUT2D eigenvalue weighted by Gasteiger charge is 2.13. The number of para-hydroxylation sites is 1. The summed E-state index contributed by atoms with van der Waals surface area (Å²) in [6, 6.07) is 10.1. The summed E-state index contributed by atoms with van der Waals surface area (Å²) in [5.41, 5.74) is 1.53. The van der Waals surface area contributed by atoms with Gasteiger partial charge in [-0.2, -0.15) is 5.10 Å². The fourth-order valence-corrected chi connectivity index (χ4v) is 2.13. The average molecular weight is 298 g/mol. The lowest BCUT2D eigenvalue weighted by Crippen LogP contribution is -2.36. The van der Waals surface area contributed by atoms with E-state index in [0.29, 0.717) is 6.54 Å². The third-order valence-electron chi connectivity index (χ3n) is 3.16. The van der Waals surface area contributed by atoms with Gasteiger partial charge in [0, 0.05) is 12.1 Å². The van der Waals surface area contributed by atoms with Crippen molar-refractivity contribution >= 4 is 16.9 Å². The van der Waals surface area contributed by atoms with Gasteiger partial charge < -0.3 is 5.32 Å². The second kappa shape index (κ2) is 5.76. The number of carbonyl (C=O) groups is 1. The highest BCUT2D eigenvalue weighted by Crippen LogP contribution is 2.10. The van der Waals surface area contributed by atoms with Crippen LogP contribution in [0.5, 0.6) is 0 Å². The topological polar surface area (TPSA) is 106 Å². The summed E-state index contributed by atoms with van der Waals surface area (Å²) in [6.45, 7) is 2.34. The van der Waals surface area contributed by atoms with Gasteiger partial charge in [-0.1, -0.05) is 17.3 Å². The van der Waals surface area contributed by atoms with E-state index in [9.17, 15) is 9.59 Å². The smallest absolute Gasteiger partial charge is 0.271 e. The van der Waals surface area contributed by atoms with Crippen molar-refractivity contribution in [2.75, 3.05) is 0 Å². The van der Waals surface area contributed by atoms with Gasteiger partial charge in [-0.3, -0.25) is 9.59 Å². The minimum atomic E-state index is -0.354. The number of aromatic nitrogens is 5. The fourth-order valence-electron chi connectivity index (χ4n) is 2.13. The lowest BCUT2D eigenvalue weighted by Gasteiger charge is -2.13. The lowest BCUT2D eigenvalue weighted by molar-refractivity contribution is 0.0930. The van der Waals surface area contributed by atoms with Crippen molar-refractivity contribution in [3.05, 3.63) is 52.4 Å². The molecular weight excluding hydrogens is 284 g/mol. The first-order chi connectivity index (χ1) is 10.6. The average Bonchev–Trinajstić information content (AvgIpc) is 2.91. The first-order valence-corrected chi connectivity index (χ1v) is 6.78. The summed E-state index contributed by atoms with van der Waals surface area (Å²) < 4.78 is 1.74. The van der Waals surface area contributed by atoms with Gasteiger partial charge in [0.15, 0.2) is 0 Å². The van der Waals surface area contributed by atoms with Crippen LogP contribution in [-0.4, -0.2) is 37.1 Å². The maximum atomic E-state index is 12.0. The minimum absolute atomic E-state index is 0.162. The van der Waals surface area contributed by atoms with Gasteiger partial charge in [-0.25, -0.2) is 9.78 Å². The Kier molecular flexibility index (Phi) is 3.65. The standard InChI is InChI=1S/C14H14N6O2/c1-9(15-14(22)11-6-7-13(21)18-16-11)8-20-12-5-3-2-4-10(12)17-19-20/h2-7,9H,8H2,1H3,(H,15,22)(H,18,21)/t9-/m1/s1. The van der Waals surface area contributed by atoms with E-state index in [4.69, 9.17) is 0 Å². The maximum Gasteiger partial charge on any atom is 0.271 e. The molecular formula is C14H14N6O2. The van der Waals surface area contributed by atoms with Crippen molar-refractivity contribution in [2.45, 2.75) is 19.5 Å². The van der Waals surface area contributed by atoms with Gasteiger partial charge in [-0.05, 0) is 25.1 Å². The van der Waals surface area contributed by atoms with E-state index < -0.39 is 0 Å². The minimum Gasteiger partial charge on any atom is -0.346 e. The maximum absolute atomic E-state index is 12.0. The van der Waals surface area contributed by atoms with Crippen molar-refractivity contribution in [1.82, 2.24) is 30.5 Å². The predicted octanol–water partition coefficient (Wildman–Crippen LogP) is 0.333. The Bertz CT molecular complexity index is 848. The largest absolute Gasteiger partial charge is 0.346 e. The van der Waals surface area contributed by atoms with E-state index in [0.717, 1.165) is 11.0 Å². The van der Waals surface area contributed by atoms with E-state index in [-0.39, 0.29) is 23.2 Å². The summed E-state index contributed by atoms with van der Waals surface area (Å²) in [6.07, 6.45) is 0. The Balaban J connectivity index is 1.69. The molecule has 3 aromatic rings. The van der Waals surface area contributed by atoms with Crippen LogP contribution in [0.1, 0.15) is 17.4 Å². The number of fused-ring (bicyclic) bond motifs is 1. The summed E-state index contributed by atoms with van der Waals surface area (Å²) in [7, 11) is 0. The van der Waals surface area contributed by atoms with Crippen LogP contribution in [0.25, 0.3) is 11.0 Å². The Morgan fingerprint density at radius 3 is 2.91 bits per heavy atom. The Labute approximate surface area is 125 Å². The molecule has 0 aliphatic carbocycles. The molecule has 0 fully saturated rings. The van der Waals surface area contributed by atoms with Crippen LogP contribution in [0.4, 0.5) is 0 Å². The molecule has 0 bridgehead atoms. The normalized spacial score (nSPS) is 12.2. The monoisotopic (exact) mass is 298 g/mol. The SMILES string of the molecule is C[C@H](Cn1nnc2ccccc21)NC(=O)c1ccc(=O)[nH]n1. The van der Waals surface area contributed by atoms with Crippen molar-refractivity contribution in [3.8, 4) is 0 Å². The molecule has 2 N–H and O–H groups in total. The zero-order valence-corrected chi connectivity index (χ0v) is 11.9. The Morgan fingerprint density at radius 1 is 1.32 bits per heavy atom. The number of H-pyrrole nitrogens is 1. The number of nitrogens with zero attached hydrogens (tertiary/aromatic N) is 4. The van der Waals surface area contributed by atoms with Crippen LogP contribution in [0.15, 0.2) is 41.2 Å². The summed E-state index contributed by atoms with van der Waals surface area (Å²) in [5.74, 6) is -0.354. The molecule has 8 nitrogen and oxygen atoms in total. The summed E-state index contributed by atoms with van der Waals surface area (Å²) in [5, 5.41) is 16.9. The number of carbonyl (C=O) groups excluding carboxylic acids is 1. The lowest BCUT2D eigenvalue weighted by atomic mass is 10.2. The molecule has 0 unspecified atom stereocenters. The molecule has 0 spiro atoms. The van der Waals surface area contributed by atoms with Crippen molar-refractivity contribution < 1.29 is 4.79 Å². The third-order valence-corrected chi connectivity index (χ3v) is 3.16. The number of aromatic amines is 1. The van der Waals surface area contributed by atoms with Crippen LogP contribution in [0.3, 0.4) is 0 Å². The van der Waals surface area contributed by atoms with Gasteiger partial charge in [0.2, 0.25) is 0 Å². The Morgan fingerprint density at radius 2 is 2.14 bits per heavy atom. The molecule has 8 heteroatoms. The second-order valence-electron chi connectivity index (χ2n) is 4.94. The van der Waals surface area contributed by atoms with Crippen LogP contribution < -0.4 is 10.9 Å². The predicted molar refractivity (Wildman–Crippen MR) is 79.3 cm³/mol. The number of amides is 1. The van der Waals surface area contributed by atoms with Gasteiger partial charge in [-0.15, -0.1) is 5.10 Å². The van der Waals surface area contributed by atoms with E-state index in [1.54, 1.807) is 4.68 Å². The molecule has 0 radical (unpaired) electrons. The quantitative estimate of drug-likeness (QED) is 0.722. The molecule has 1 aromatic carbocycles. The van der Waals surface area contributed by atoms with E-state index in [1.165, 1.54) is 12.1 Å². The first-order valence-electron chi connectivity index (χ1n) is 6.78. The van der Waals surface area contributed by atoms with Gasteiger partial charge in [0.05, 0.1) is 12.1 Å². The number of rotatable bonds is 4.